The van der Waals surface area contributed by atoms with Crippen molar-refractivity contribution in [1.82, 2.24) is 0 Å². The second kappa shape index (κ2) is 17.0. The Morgan fingerprint density at radius 3 is 1.21 bits per heavy atom. The highest BCUT2D eigenvalue weighted by Gasteiger charge is 2.25. The van der Waals surface area contributed by atoms with Crippen LogP contribution in [0.1, 0.15) is 12.8 Å². The summed E-state index contributed by atoms with van der Waals surface area (Å²) in [5.74, 6) is -6.07. The number of carboxylic acid groups (broad SMARTS) is 2. The lowest BCUT2D eigenvalue weighted by Gasteiger charge is -2.11. The fourth-order valence-electron chi connectivity index (χ4n) is 0.929. The van der Waals surface area contributed by atoms with Gasteiger partial charge in [0.05, 0.1) is 26.0 Å². The molecular weight excluding hydrogens is 400 g/mol. The van der Waals surface area contributed by atoms with Gasteiger partial charge in [-0.3, -0.25) is 19.2 Å². The maximum absolute atomic E-state index is 11.1. The standard InChI is InChI=1S/C8H14N4O5.C3H7NO3.C2H5NO2/c9-3(1-5(11)13)7(15)17-8(16)4(10)2-6(12)14;4-2(1-5)3(6)7;3-1-2(4)5/h3-4H,1-2,9-10H2,(H2,11,13)(H2,12,14);2,5H,1,4H2,(H,6,7);1,3H2,(H,4,5)/t3-,4-;2-;/m00./s1. The van der Waals surface area contributed by atoms with Gasteiger partial charge in [-0.1, -0.05) is 0 Å². The number of amides is 2. The van der Waals surface area contributed by atoms with E-state index in [1.165, 1.54) is 0 Å². The van der Waals surface area contributed by atoms with Crippen LogP contribution in [-0.2, 0) is 33.5 Å². The minimum Gasteiger partial charge on any atom is -0.480 e. The second-order valence-corrected chi connectivity index (χ2v) is 5.02. The molecule has 0 aliphatic rings. The van der Waals surface area contributed by atoms with Crippen molar-refractivity contribution < 1.29 is 48.8 Å². The molecule has 0 aromatic heterocycles. The van der Waals surface area contributed by atoms with Crippen LogP contribution in [0.2, 0.25) is 0 Å². The first-order chi connectivity index (χ1) is 13.2. The fourth-order valence-corrected chi connectivity index (χ4v) is 0.929. The summed E-state index contributed by atoms with van der Waals surface area (Å²) < 4.78 is 4.23. The molecule has 0 aromatic carbocycles. The summed E-state index contributed by atoms with van der Waals surface area (Å²) >= 11 is 0. The molecule has 2 amide bonds. The van der Waals surface area contributed by atoms with Crippen LogP contribution in [0.15, 0.2) is 0 Å². The quantitative estimate of drug-likeness (QED) is 0.122. The molecule has 3 atom stereocenters. The van der Waals surface area contributed by atoms with Crippen molar-refractivity contribution in [3.8, 4) is 0 Å². The number of esters is 2. The fraction of sp³-hybridized carbons (Fsp3) is 0.538. The first-order valence-corrected chi connectivity index (χ1v) is 7.53. The number of carbonyl (C=O) groups excluding carboxylic acids is 4. The summed E-state index contributed by atoms with van der Waals surface area (Å²) in [5.41, 5.74) is 29.3. The Bertz CT molecular complexity index is 552. The van der Waals surface area contributed by atoms with E-state index in [2.05, 4.69) is 10.5 Å². The normalized spacial score (nSPS) is 12.4. The number of hydrogen-bond donors (Lipinski definition) is 9. The lowest BCUT2D eigenvalue weighted by molar-refractivity contribution is -0.162. The molecule has 168 valence electrons. The molecule has 0 rings (SSSR count). The first kappa shape index (κ1) is 30.5. The molecule has 16 heteroatoms. The third-order valence-electron chi connectivity index (χ3n) is 2.34. The minimum atomic E-state index is -1.35. The zero-order chi connectivity index (χ0) is 23.7. The van der Waals surface area contributed by atoms with Gasteiger partial charge in [0.15, 0.2) is 0 Å². The molecule has 15 N–H and O–H groups in total. The Labute approximate surface area is 164 Å². The molecule has 0 heterocycles. The van der Waals surface area contributed by atoms with Gasteiger partial charge in [0.2, 0.25) is 11.8 Å². The topological polar surface area (TPSA) is 328 Å². The van der Waals surface area contributed by atoms with Crippen molar-refractivity contribution in [1.29, 1.82) is 0 Å². The van der Waals surface area contributed by atoms with E-state index in [9.17, 15) is 28.8 Å². The van der Waals surface area contributed by atoms with Crippen LogP contribution < -0.4 is 34.4 Å². The number of carboxylic acids is 2. The van der Waals surface area contributed by atoms with E-state index in [0.29, 0.717) is 0 Å². The number of carbonyl (C=O) groups is 6. The van der Waals surface area contributed by atoms with Crippen LogP contribution >= 0.6 is 0 Å². The Kier molecular flexibility index (Phi) is 17.9. The average Bonchev–Trinajstić information content (AvgIpc) is 2.60. The van der Waals surface area contributed by atoms with E-state index in [1.54, 1.807) is 0 Å². The second-order valence-electron chi connectivity index (χ2n) is 5.02. The van der Waals surface area contributed by atoms with Crippen molar-refractivity contribution in [2.24, 2.45) is 34.4 Å². The highest BCUT2D eigenvalue weighted by molar-refractivity contribution is 5.94. The van der Waals surface area contributed by atoms with E-state index in [-0.39, 0.29) is 6.54 Å². The Balaban J connectivity index is -0.000000461. The van der Waals surface area contributed by atoms with E-state index in [1.807, 2.05) is 0 Å². The van der Waals surface area contributed by atoms with Crippen LogP contribution in [-0.4, -0.2) is 82.3 Å². The summed E-state index contributed by atoms with van der Waals surface area (Å²) in [6.07, 6.45) is -0.922. The largest absolute Gasteiger partial charge is 0.480 e. The van der Waals surface area contributed by atoms with Crippen LogP contribution in [0, 0.1) is 0 Å². The van der Waals surface area contributed by atoms with Crippen molar-refractivity contribution in [3.63, 3.8) is 0 Å². The van der Waals surface area contributed by atoms with Crippen LogP contribution in [0.5, 0.6) is 0 Å². The Morgan fingerprint density at radius 1 is 0.759 bits per heavy atom. The number of nitrogens with two attached hydrogens (primary N) is 6. The molecule has 0 aromatic rings. The van der Waals surface area contributed by atoms with Gasteiger partial charge in [0, 0.05) is 0 Å². The van der Waals surface area contributed by atoms with E-state index < -0.39 is 73.3 Å². The summed E-state index contributed by atoms with van der Waals surface area (Å²) in [4.78, 5) is 62.0. The average molecular weight is 426 g/mol. The van der Waals surface area contributed by atoms with Crippen LogP contribution in [0.3, 0.4) is 0 Å². The van der Waals surface area contributed by atoms with Gasteiger partial charge in [-0.15, -0.1) is 0 Å². The third kappa shape index (κ3) is 21.0. The smallest absolute Gasteiger partial charge is 0.331 e. The molecule has 0 bridgehead atoms. The van der Waals surface area contributed by atoms with Gasteiger partial charge < -0.3 is 54.5 Å². The highest BCUT2D eigenvalue weighted by Crippen LogP contribution is 1.96. The number of aliphatic hydroxyl groups excluding tert-OH is 1. The molecule has 0 unspecified atom stereocenters. The molecule has 0 radical (unpaired) electrons. The molecule has 0 fully saturated rings. The van der Waals surface area contributed by atoms with Crippen molar-refractivity contribution in [2.75, 3.05) is 13.2 Å². The maximum Gasteiger partial charge on any atom is 0.331 e. The van der Waals surface area contributed by atoms with Gasteiger partial charge in [0.1, 0.15) is 18.1 Å². The molecule has 29 heavy (non-hydrogen) atoms. The number of rotatable bonds is 9. The molecular formula is C13H26N6O10. The Morgan fingerprint density at radius 2 is 1.07 bits per heavy atom. The third-order valence-corrected chi connectivity index (χ3v) is 2.34. The Hall–Kier alpha value is -3.18. The minimum absolute atomic E-state index is 0.278. The van der Waals surface area contributed by atoms with Crippen LogP contribution in [0.4, 0.5) is 0 Å². The molecule has 0 aliphatic carbocycles. The zero-order valence-corrected chi connectivity index (χ0v) is 15.2. The lowest BCUT2D eigenvalue weighted by atomic mass is 10.2. The summed E-state index contributed by atoms with van der Waals surface area (Å²) in [6, 6.07) is -3.82. The van der Waals surface area contributed by atoms with Gasteiger partial charge in [-0.05, 0) is 0 Å². The van der Waals surface area contributed by atoms with Crippen molar-refractivity contribution in [2.45, 2.75) is 31.0 Å². The predicted octanol–water partition coefficient (Wildman–Crippen LogP) is -6.12. The van der Waals surface area contributed by atoms with E-state index in [4.69, 9.17) is 44.0 Å². The summed E-state index contributed by atoms with van der Waals surface area (Å²) in [6.45, 7) is -0.782. The number of primary amides is 2. The van der Waals surface area contributed by atoms with E-state index in [0.717, 1.165) is 0 Å². The number of ether oxygens (including phenoxy) is 1. The lowest BCUT2D eigenvalue weighted by Crippen LogP contribution is -2.42. The first-order valence-electron chi connectivity index (χ1n) is 7.53. The van der Waals surface area contributed by atoms with Gasteiger partial charge in [-0.25, -0.2) is 9.59 Å². The van der Waals surface area contributed by atoms with Crippen molar-refractivity contribution >= 4 is 35.7 Å². The number of hydrogen-bond acceptors (Lipinski definition) is 12. The van der Waals surface area contributed by atoms with Crippen LogP contribution in [0.25, 0.3) is 0 Å². The zero-order valence-electron chi connectivity index (χ0n) is 15.2. The summed E-state index contributed by atoms with van der Waals surface area (Å²) in [7, 11) is 0. The van der Waals surface area contributed by atoms with Crippen molar-refractivity contribution in [3.05, 3.63) is 0 Å². The molecule has 0 saturated heterocycles. The maximum atomic E-state index is 11.1. The highest BCUT2D eigenvalue weighted by atomic mass is 16.6. The van der Waals surface area contributed by atoms with E-state index >= 15 is 0 Å². The molecule has 16 nitrogen and oxygen atoms in total. The number of aliphatic carboxylic acids is 2. The van der Waals surface area contributed by atoms with Gasteiger partial charge in [-0.2, -0.15) is 0 Å². The summed E-state index contributed by atoms with van der Waals surface area (Å²) in [5, 5.41) is 23.5. The van der Waals surface area contributed by atoms with Gasteiger partial charge in [0.25, 0.3) is 0 Å². The number of aliphatic hydroxyl groups is 1. The molecule has 0 spiro atoms. The molecule has 0 saturated carbocycles. The monoisotopic (exact) mass is 426 g/mol. The van der Waals surface area contributed by atoms with Gasteiger partial charge >= 0.3 is 23.9 Å². The molecule has 0 aliphatic heterocycles. The predicted molar refractivity (Wildman–Crippen MR) is 94.1 cm³/mol. The SMILES string of the molecule is NC(=O)C[C@H](N)C(=O)OC(=O)[C@@H](N)CC(N)=O.NCC(=O)O.N[C@@H](CO)C(=O)O.